The van der Waals surface area contributed by atoms with Crippen LogP contribution in [0.5, 0.6) is 0 Å². The smallest absolute Gasteiger partial charge is 0.295 e. The molecule has 11 heavy (non-hydrogen) atoms. The summed E-state index contributed by atoms with van der Waals surface area (Å²) >= 11 is 2.33. The molecule has 2 radical (unpaired) electrons. The topological polar surface area (TPSA) is 3.24 Å². The Kier molecular flexibility index (Phi) is 4.92. The van der Waals surface area contributed by atoms with Gasteiger partial charge in [-0.1, -0.05) is 19.1 Å². The monoisotopic (exact) mass is 261 g/mol. The van der Waals surface area contributed by atoms with Crippen molar-refractivity contribution in [3.63, 3.8) is 0 Å². The van der Waals surface area contributed by atoms with E-state index in [0.29, 0.717) is 0 Å². The van der Waals surface area contributed by atoms with Gasteiger partial charge in [-0.3, -0.25) is 0 Å². The first kappa shape index (κ1) is 9.90. The summed E-state index contributed by atoms with van der Waals surface area (Å²) < 4.78 is 0. The molecule has 0 N–H and O–H groups in total. The number of nitrogens with zero attached hydrogens (tertiary/aromatic N) is 1. The van der Waals surface area contributed by atoms with Crippen molar-refractivity contribution in [2.75, 3.05) is 13.1 Å². The Morgan fingerprint density at radius 2 is 2.18 bits per heavy atom. The highest BCUT2D eigenvalue weighted by molar-refractivity contribution is 14.1. The van der Waals surface area contributed by atoms with Gasteiger partial charge in [0.1, 0.15) is 7.28 Å². The van der Waals surface area contributed by atoms with Crippen LogP contribution in [0.4, 0.5) is 0 Å². The maximum Gasteiger partial charge on any atom is 0.295 e. The molecule has 1 atom stereocenters. The number of rotatable bonds is 2. The van der Waals surface area contributed by atoms with Crippen molar-refractivity contribution in [2.24, 2.45) is 0 Å². The highest BCUT2D eigenvalue weighted by Crippen LogP contribution is 2.21. The molecule has 1 aliphatic heterocycles. The van der Waals surface area contributed by atoms with E-state index in [-0.39, 0.29) is 0 Å². The van der Waals surface area contributed by atoms with Crippen molar-refractivity contribution in [2.45, 2.75) is 31.9 Å². The summed E-state index contributed by atoms with van der Waals surface area (Å²) in [7, 11) is 2.36. The first-order valence-electron chi connectivity index (χ1n) is 4.34. The van der Waals surface area contributed by atoms with E-state index in [1.54, 1.807) is 0 Å². The van der Waals surface area contributed by atoms with Crippen molar-refractivity contribution in [1.29, 1.82) is 0 Å². The lowest BCUT2D eigenvalue weighted by atomic mass is 9.64. The second-order valence-electron chi connectivity index (χ2n) is 3.16. The molecule has 0 aromatic heterocycles. The summed E-state index contributed by atoms with van der Waals surface area (Å²) in [6, 6.07) is 0. The van der Waals surface area contributed by atoms with E-state index in [0.717, 1.165) is 5.82 Å². The van der Waals surface area contributed by atoms with E-state index < -0.39 is 0 Å². The van der Waals surface area contributed by atoms with Crippen molar-refractivity contribution >= 4 is 34.9 Å². The fourth-order valence-corrected chi connectivity index (χ4v) is 2.13. The van der Waals surface area contributed by atoms with Crippen molar-refractivity contribution in [1.82, 2.24) is 4.81 Å². The molecular formula is C7H14B2IN. The Morgan fingerprint density at radius 3 is 2.82 bits per heavy atom. The van der Waals surface area contributed by atoms with Gasteiger partial charge in [0.15, 0.2) is 0 Å². The molecule has 0 bridgehead atoms. The van der Waals surface area contributed by atoms with Crippen LogP contribution in [0.25, 0.3) is 0 Å². The molecule has 1 saturated heterocycles. The molecule has 0 aliphatic carbocycles. The van der Waals surface area contributed by atoms with E-state index in [1.807, 2.05) is 0 Å². The zero-order chi connectivity index (χ0) is 8.10. The number of hydrogen-bond acceptors (Lipinski definition) is 1. The maximum absolute atomic E-state index is 2.42. The lowest BCUT2D eigenvalue weighted by Gasteiger charge is -2.15. The SMILES string of the molecule is C[B]C1CCCN([B]I)CC1. The molecule has 0 aromatic rings. The third-order valence-electron chi connectivity index (χ3n) is 2.42. The Hall–Kier alpha value is 0.820. The fourth-order valence-electron chi connectivity index (χ4n) is 1.58. The van der Waals surface area contributed by atoms with Gasteiger partial charge in [0.05, 0.1) is 0 Å². The number of hydrogen-bond donors (Lipinski definition) is 0. The van der Waals surface area contributed by atoms with Gasteiger partial charge >= 0.3 is 0 Å². The summed E-state index contributed by atoms with van der Waals surface area (Å²) in [5.74, 6) is 0.872. The van der Waals surface area contributed by atoms with Gasteiger partial charge in [-0.05, 0) is 25.9 Å². The van der Waals surface area contributed by atoms with Crippen LogP contribution in [0, 0.1) is 0 Å². The normalized spacial score (nSPS) is 27.6. The van der Waals surface area contributed by atoms with E-state index in [2.05, 4.69) is 46.6 Å². The lowest BCUT2D eigenvalue weighted by Crippen LogP contribution is -2.25. The molecule has 60 valence electrons. The van der Waals surface area contributed by atoms with Crippen LogP contribution in [-0.2, 0) is 0 Å². The van der Waals surface area contributed by atoms with Crippen LogP contribution in [0.1, 0.15) is 19.3 Å². The highest BCUT2D eigenvalue weighted by atomic mass is 127. The first-order chi connectivity index (χ1) is 5.36. The van der Waals surface area contributed by atoms with E-state index in [9.17, 15) is 0 Å². The Balaban J connectivity index is 2.27. The first-order valence-corrected chi connectivity index (χ1v) is 5.58. The predicted octanol–water partition coefficient (Wildman–Crippen LogP) is 1.98. The van der Waals surface area contributed by atoms with Crippen molar-refractivity contribution in [3.8, 4) is 0 Å². The molecule has 0 saturated carbocycles. The molecule has 0 aromatic carbocycles. The van der Waals surface area contributed by atoms with Gasteiger partial charge in [0, 0.05) is 0 Å². The molecule has 1 rings (SSSR count). The van der Waals surface area contributed by atoms with Crippen LogP contribution >= 0.6 is 22.4 Å². The third kappa shape index (κ3) is 3.36. The Morgan fingerprint density at radius 1 is 1.36 bits per heavy atom. The molecule has 4 heteroatoms. The van der Waals surface area contributed by atoms with E-state index >= 15 is 0 Å². The fraction of sp³-hybridized carbons (Fsp3) is 1.00. The van der Waals surface area contributed by atoms with Gasteiger partial charge in [-0.15, -0.1) is 22.4 Å². The standard InChI is InChI=1S/C7H14B2IN/c1-8-7-3-2-5-11(9-10)6-4-7/h7H,2-6H2,1H3. The largest absolute Gasteiger partial charge is 0.337 e. The summed E-state index contributed by atoms with van der Waals surface area (Å²) in [6.07, 6.45) is 4.09. The molecular weight excluding hydrogens is 247 g/mol. The molecule has 1 nitrogen and oxygen atoms in total. The van der Waals surface area contributed by atoms with Gasteiger partial charge in [0.2, 0.25) is 0 Å². The second kappa shape index (κ2) is 5.46. The average molecular weight is 261 g/mol. The molecule has 1 fully saturated rings. The second-order valence-corrected chi connectivity index (χ2v) is 3.71. The third-order valence-corrected chi connectivity index (χ3v) is 3.20. The van der Waals surface area contributed by atoms with E-state index in [4.69, 9.17) is 0 Å². The zero-order valence-electron chi connectivity index (χ0n) is 7.09. The predicted molar refractivity (Wildman–Crippen MR) is 60.6 cm³/mol. The van der Waals surface area contributed by atoms with Gasteiger partial charge in [-0.25, -0.2) is 0 Å². The summed E-state index contributed by atoms with van der Waals surface area (Å²) in [5.41, 5.74) is 0. The van der Waals surface area contributed by atoms with Crippen molar-refractivity contribution in [3.05, 3.63) is 0 Å². The zero-order valence-corrected chi connectivity index (χ0v) is 9.25. The quantitative estimate of drug-likeness (QED) is 0.542. The van der Waals surface area contributed by atoms with Crippen LogP contribution in [0.3, 0.4) is 0 Å². The Bertz CT molecular complexity index is 101. The summed E-state index contributed by atoms with van der Waals surface area (Å²) in [5, 5.41) is 2.19. The van der Waals surface area contributed by atoms with Crippen LogP contribution in [-0.4, -0.2) is 30.5 Å². The molecule has 0 amide bonds. The summed E-state index contributed by atoms with van der Waals surface area (Å²) in [4.78, 5) is 2.42. The van der Waals surface area contributed by atoms with Gasteiger partial charge < -0.3 is 4.81 Å². The highest BCUT2D eigenvalue weighted by Gasteiger charge is 2.14. The van der Waals surface area contributed by atoms with Gasteiger partial charge in [0.25, 0.3) is 5.27 Å². The van der Waals surface area contributed by atoms with Crippen LogP contribution < -0.4 is 0 Å². The van der Waals surface area contributed by atoms with Gasteiger partial charge in [-0.2, -0.15) is 0 Å². The maximum atomic E-state index is 2.42. The molecule has 1 aliphatic rings. The summed E-state index contributed by atoms with van der Waals surface area (Å²) in [6.45, 7) is 4.69. The molecule has 1 unspecified atom stereocenters. The molecule has 0 spiro atoms. The lowest BCUT2D eigenvalue weighted by molar-refractivity contribution is 0.470. The minimum Gasteiger partial charge on any atom is -0.337 e. The molecule has 1 heterocycles. The minimum absolute atomic E-state index is 0.872. The van der Waals surface area contributed by atoms with Crippen LogP contribution in [0.15, 0.2) is 0 Å². The Labute approximate surface area is 84.7 Å². The average Bonchev–Trinajstić information content (AvgIpc) is 2.28. The minimum atomic E-state index is 0.872. The van der Waals surface area contributed by atoms with Crippen LogP contribution in [0.2, 0.25) is 12.6 Å². The van der Waals surface area contributed by atoms with E-state index in [1.165, 1.54) is 32.4 Å². The van der Waals surface area contributed by atoms with Crippen molar-refractivity contribution < 1.29 is 0 Å². The number of halogens is 1.